The second-order valence-electron chi connectivity index (χ2n) is 5.23. The first kappa shape index (κ1) is 14.9. The molecule has 5 heteroatoms. The summed E-state index contributed by atoms with van der Waals surface area (Å²) < 4.78 is 18.5. The summed E-state index contributed by atoms with van der Waals surface area (Å²) in [7, 11) is 0. The lowest BCUT2D eigenvalue weighted by atomic mass is 10.1. The molecule has 0 aliphatic carbocycles. The molecule has 0 radical (unpaired) electrons. The highest BCUT2D eigenvalue weighted by Gasteiger charge is 2.23. The van der Waals surface area contributed by atoms with Gasteiger partial charge in [0.25, 0.3) is 5.91 Å². The Morgan fingerprint density at radius 1 is 1.60 bits per heavy atom. The molecule has 110 valence electrons. The van der Waals surface area contributed by atoms with Gasteiger partial charge in [0, 0.05) is 30.7 Å². The van der Waals surface area contributed by atoms with Crippen LogP contribution in [0.3, 0.4) is 0 Å². The molecule has 1 N–H and O–H groups in total. The molecule has 1 fully saturated rings. The Bertz CT molecular complexity index is 467. The van der Waals surface area contributed by atoms with Crippen LogP contribution in [0.4, 0.5) is 4.39 Å². The van der Waals surface area contributed by atoms with Crippen molar-refractivity contribution < 1.29 is 13.9 Å². The number of ether oxygens (including phenoxy) is 1. The molecule has 1 aliphatic rings. The summed E-state index contributed by atoms with van der Waals surface area (Å²) in [5.74, 6) is -0.634. The SMILES string of the molecule is C[C@@H]1COCCN1[C@@H](C)CNC(=O)c1cccc(F)c1. The highest BCUT2D eigenvalue weighted by molar-refractivity contribution is 5.94. The monoisotopic (exact) mass is 280 g/mol. The average Bonchev–Trinajstić information content (AvgIpc) is 2.45. The van der Waals surface area contributed by atoms with Gasteiger partial charge in [-0.3, -0.25) is 9.69 Å². The Morgan fingerprint density at radius 3 is 3.10 bits per heavy atom. The van der Waals surface area contributed by atoms with E-state index in [0.29, 0.717) is 18.2 Å². The first-order valence-corrected chi connectivity index (χ1v) is 6.95. The van der Waals surface area contributed by atoms with Gasteiger partial charge in [0.15, 0.2) is 0 Å². The molecular formula is C15H21FN2O2. The number of halogens is 1. The van der Waals surface area contributed by atoms with Crippen LogP contribution in [0.15, 0.2) is 24.3 Å². The summed E-state index contributed by atoms with van der Waals surface area (Å²) in [6.45, 7) is 7.06. The maximum absolute atomic E-state index is 13.1. The lowest BCUT2D eigenvalue weighted by Crippen LogP contribution is -2.51. The normalized spacial score (nSPS) is 21.4. The zero-order valence-electron chi connectivity index (χ0n) is 11.9. The third kappa shape index (κ3) is 3.77. The third-order valence-corrected chi connectivity index (χ3v) is 3.63. The first-order chi connectivity index (χ1) is 9.58. The van der Waals surface area contributed by atoms with Gasteiger partial charge in [-0.05, 0) is 32.0 Å². The van der Waals surface area contributed by atoms with E-state index in [0.717, 1.165) is 19.8 Å². The van der Waals surface area contributed by atoms with Crippen LogP contribution in [-0.2, 0) is 4.74 Å². The minimum absolute atomic E-state index is 0.228. The third-order valence-electron chi connectivity index (χ3n) is 3.63. The van der Waals surface area contributed by atoms with Gasteiger partial charge in [0.1, 0.15) is 5.82 Å². The van der Waals surface area contributed by atoms with Crippen LogP contribution in [0.5, 0.6) is 0 Å². The molecule has 1 aromatic rings. The Morgan fingerprint density at radius 2 is 2.40 bits per heavy atom. The highest BCUT2D eigenvalue weighted by atomic mass is 19.1. The average molecular weight is 280 g/mol. The summed E-state index contributed by atoms with van der Waals surface area (Å²) in [4.78, 5) is 14.3. The lowest BCUT2D eigenvalue weighted by Gasteiger charge is -2.37. The van der Waals surface area contributed by atoms with Crippen molar-refractivity contribution in [2.24, 2.45) is 0 Å². The topological polar surface area (TPSA) is 41.6 Å². The van der Waals surface area contributed by atoms with Crippen molar-refractivity contribution in [3.63, 3.8) is 0 Å². The summed E-state index contributed by atoms with van der Waals surface area (Å²) in [5.41, 5.74) is 0.354. The van der Waals surface area contributed by atoms with Gasteiger partial charge in [-0.2, -0.15) is 0 Å². The van der Waals surface area contributed by atoms with Gasteiger partial charge in [-0.1, -0.05) is 6.07 Å². The largest absolute Gasteiger partial charge is 0.379 e. The lowest BCUT2D eigenvalue weighted by molar-refractivity contribution is -0.0178. The molecule has 20 heavy (non-hydrogen) atoms. The molecule has 1 saturated heterocycles. The minimum atomic E-state index is -0.396. The standard InChI is InChI=1S/C15H21FN2O2/c1-11(18-6-7-20-10-12(18)2)9-17-15(19)13-4-3-5-14(16)8-13/h3-5,8,11-12H,6-7,9-10H2,1-2H3,(H,17,19)/t11-,12+/m0/s1. The van der Waals surface area contributed by atoms with Gasteiger partial charge in [0.05, 0.1) is 13.2 Å². The number of nitrogens with one attached hydrogen (secondary N) is 1. The van der Waals surface area contributed by atoms with Crippen LogP contribution in [0.25, 0.3) is 0 Å². The van der Waals surface area contributed by atoms with Crippen LogP contribution in [0.1, 0.15) is 24.2 Å². The van der Waals surface area contributed by atoms with E-state index >= 15 is 0 Å². The summed E-state index contributed by atoms with van der Waals surface area (Å²) >= 11 is 0. The number of carbonyl (C=O) groups is 1. The Labute approximate surface area is 118 Å². The van der Waals surface area contributed by atoms with Crippen LogP contribution < -0.4 is 5.32 Å². The second-order valence-corrected chi connectivity index (χ2v) is 5.23. The van der Waals surface area contributed by atoms with Crippen LogP contribution >= 0.6 is 0 Å². The van der Waals surface area contributed by atoms with E-state index in [9.17, 15) is 9.18 Å². The number of nitrogens with zero attached hydrogens (tertiary/aromatic N) is 1. The minimum Gasteiger partial charge on any atom is -0.379 e. The number of carbonyl (C=O) groups excluding carboxylic acids is 1. The fraction of sp³-hybridized carbons (Fsp3) is 0.533. The van der Waals surface area contributed by atoms with E-state index in [2.05, 4.69) is 24.1 Å². The predicted molar refractivity (Wildman–Crippen MR) is 75.2 cm³/mol. The molecule has 2 atom stereocenters. The van der Waals surface area contributed by atoms with Gasteiger partial charge < -0.3 is 10.1 Å². The van der Waals surface area contributed by atoms with E-state index < -0.39 is 5.82 Å². The molecule has 1 aliphatic heterocycles. The van der Waals surface area contributed by atoms with Gasteiger partial charge in [-0.25, -0.2) is 4.39 Å². The van der Waals surface area contributed by atoms with Crippen LogP contribution in [0, 0.1) is 5.82 Å². The number of amides is 1. The number of hydrogen-bond acceptors (Lipinski definition) is 3. The van der Waals surface area contributed by atoms with E-state index in [1.54, 1.807) is 6.07 Å². The maximum Gasteiger partial charge on any atom is 0.251 e. The molecule has 0 spiro atoms. The van der Waals surface area contributed by atoms with Crippen LogP contribution in [-0.4, -0.2) is 49.2 Å². The Balaban J connectivity index is 1.86. The number of benzene rings is 1. The molecule has 1 amide bonds. The first-order valence-electron chi connectivity index (χ1n) is 6.95. The predicted octanol–water partition coefficient (Wildman–Crippen LogP) is 1.66. The van der Waals surface area contributed by atoms with E-state index in [-0.39, 0.29) is 11.9 Å². The number of morpholine rings is 1. The van der Waals surface area contributed by atoms with Crippen molar-refractivity contribution in [3.8, 4) is 0 Å². The van der Waals surface area contributed by atoms with Gasteiger partial charge in [0.2, 0.25) is 0 Å². The van der Waals surface area contributed by atoms with Crippen molar-refractivity contribution in [3.05, 3.63) is 35.6 Å². The molecular weight excluding hydrogens is 259 g/mol. The molecule has 1 aromatic carbocycles. The summed E-state index contributed by atoms with van der Waals surface area (Å²) in [6, 6.07) is 6.31. The fourth-order valence-corrected chi connectivity index (χ4v) is 2.48. The zero-order chi connectivity index (χ0) is 14.5. The number of rotatable bonds is 4. The Hall–Kier alpha value is -1.46. The van der Waals surface area contributed by atoms with E-state index in [1.807, 2.05) is 0 Å². The van der Waals surface area contributed by atoms with Crippen molar-refractivity contribution >= 4 is 5.91 Å². The van der Waals surface area contributed by atoms with Gasteiger partial charge in [-0.15, -0.1) is 0 Å². The molecule has 1 heterocycles. The van der Waals surface area contributed by atoms with E-state index in [4.69, 9.17) is 4.74 Å². The molecule has 0 aromatic heterocycles. The highest BCUT2D eigenvalue weighted by Crippen LogP contribution is 2.10. The smallest absolute Gasteiger partial charge is 0.251 e. The fourth-order valence-electron chi connectivity index (χ4n) is 2.48. The van der Waals surface area contributed by atoms with Crippen molar-refractivity contribution in [2.45, 2.75) is 25.9 Å². The van der Waals surface area contributed by atoms with E-state index in [1.165, 1.54) is 18.2 Å². The van der Waals surface area contributed by atoms with Crippen LogP contribution in [0.2, 0.25) is 0 Å². The van der Waals surface area contributed by atoms with Gasteiger partial charge >= 0.3 is 0 Å². The quantitative estimate of drug-likeness (QED) is 0.912. The van der Waals surface area contributed by atoms with Crippen molar-refractivity contribution in [1.82, 2.24) is 10.2 Å². The molecule has 4 nitrogen and oxygen atoms in total. The van der Waals surface area contributed by atoms with Crippen molar-refractivity contribution in [1.29, 1.82) is 0 Å². The number of hydrogen-bond donors (Lipinski definition) is 1. The molecule has 2 rings (SSSR count). The Kier molecular flexibility index (Phi) is 5.09. The molecule has 0 saturated carbocycles. The zero-order valence-corrected chi connectivity index (χ0v) is 11.9. The summed E-state index contributed by atoms with van der Waals surface area (Å²) in [5, 5.41) is 2.86. The molecule has 0 unspecified atom stereocenters. The second kappa shape index (κ2) is 6.81. The maximum atomic E-state index is 13.1. The summed E-state index contributed by atoms with van der Waals surface area (Å²) in [6.07, 6.45) is 0. The molecule has 0 bridgehead atoms. The van der Waals surface area contributed by atoms with Crippen molar-refractivity contribution in [2.75, 3.05) is 26.3 Å².